The van der Waals surface area contributed by atoms with Gasteiger partial charge >= 0.3 is 0 Å². The van der Waals surface area contributed by atoms with Crippen LogP contribution in [0.3, 0.4) is 0 Å². The van der Waals surface area contributed by atoms with Gasteiger partial charge in [0.05, 0.1) is 50.8 Å². The number of hydrogen-bond donors (Lipinski definition) is 0. The van der Waals surface area contributed by atoms with E-state index in [0.717, 1.165) is 0 Å². The largest absolute Gasteiger partial charge is 0.498 e. The van der Waals surface area contributed by atoms with E-state index in [0.29, 0.717) is 45.4 Å². The standard InChI is InChI=1S/C19H34O6/c1-14(2)21-9-18(5,6)16-24-12-19(13-25-16)10-22-15(23-11-19)17(3,4)8-20-7/h15-16H,1,8-13H2,2-7H3. The summed E-state index contributed by atoms with van der Waals surface area (Å²) in [6.07, 6.45) is -0.601. The lowest BCUT2D eigenvalue weighted by atomic mass is 9.86. The maximum Gasteiger partial charge on any atom is 0.165 e. The van der Waals surface area contributed by atoms with Gasteiger partial charge in [-0.15, -0.1) is 0 Å². The molecule has 0 N–H and O–H groups in total. The molecule has 2 fully saturated rings. The van der Waals surface area contributed by atoms with Crippen LogP contribution in [0.15, 0.2) is 12.3 Å². The lowest BCUT2D eigenvalue weighted by Gasteiger charge is -2.48. The van der Waals surface area contributed by atoms with Crippen molar-refractivity contribution in [1.29, 1.82) is 0 Å². The van der Waals surface area contributed by atoms with E-state index in [1.807, 2.05) is 6.92 Å². The molecule has 0 aromatic rings. The van der Waals surface area contributed by atoms with Gasteiger partial charge in [-0.1, -0.05) is 34.3 Å². The fraction of sp³-hybridized carbons (Fsp3) is 0.895. The van der Waals surface area contributed by atoms with Crippen LogP contribution in [0.5, 0.6) is 0 Å². The zero-order valence-corrected chi connectivity index (χ0v) is 16.6. The van der Waals surface area contributed by atoms with Gasteiger partial charge in [0.15, 0.2) is 12.6 Å². The van der Waals surface area contributed by atoms with Crippen molar-refractivity contribution in [2.45, 2.75) is 47.2 Å². The summed E-state index contributed by atoms with van der Waals surface area (Å²) in [7, 11) is 1.69. The fourth-order valence-corrected chi connectivity index (χ4v) is 3.08. The second-order valence-corrected chi connectivity index (χ2v) is 8.81. The third kappa shape index (κ3) is 5.17. The second-order valence-electron chi connectivity index (χ2n) is 8.81. The molecule has 2 rings (SSSR count). The molecule has 0 radical (unpaired) electrons. The summed E-state index contributed by atoms with van der Waals surface area (Å²) in [5.41, 5.74) is -0.710. The van der Waals surface area contributed by atoms with Crippen LogP contribution in [-0.4, -0.2) is 59.3 Å². The van der Waals surface area contributed by atoms with Crippen molar-refractivity contribution >= 4 is 0 Å². The van der Waals surface area contributed by atoms with E-state index < -0.39 is 0 Å². The van der Waals surface area contributed by atoms with Gasteiger partial charge in [-0.05, 0) is 6.92 Å². The Bertz CT molecular complexity index is 441. The first-order valence-electron chi connectivity index (χ1n) is 8.84. The van der Waals surface area contributed by atoms with Gasteiger partial charge in [0.25, 0.3) is 0 Å². The lowest BCUT2D eigenvalue weighted by Crippen LogP contribution is -2.57. The van der Waals surface area contributed by atoms with Gasteiger partial charge in [-0.2, -0.15) is 0 Å². The summed E-state index contributed by atoms with van der Waals surface area (Å²) >= 11 is 0. The Labute approximate surface area is 151 Å². The quantitative estimate of drug-likeness (QED) is 0.652. The van der Waals surface area contributed by atoms with Crippen molar-refractivity contribution in [2.24, 2.45) is 16.2 Å². The van der Waals surface area contributed by atoms with Crippen LogP contribution >= 0.6 is 0 Å². The zero-order chi connectivity index (χ0) is 18.7. The highest BCUT2D eigenvalue weighted by atomic mass is 16.7. The number of hydrogen-bond acceptors (Lipinski definition) is 6. The molecule has 0 aliphatic carbocycles. The van der Waals surface area contributed by atoms with E-state index in [2.05, 4.69) is 34.3 Å². The summed E-state index contributed by atoms with van der Waals surface area (Å²) in [5.74, 6) is 0.694. The molecule has 0 aromatic heterocycles. The average molecular weight is 358 g/mol. The van der Waals surface area contributed by atoms with E-state index in [9.17, 15) is 0 Å². The minimum Gasteiger partial charge on any atom is -0.498 e. The molecular weight excluding hydrogens is 324 g/mol. The highest BCUT2D eigenvalue weighted by Gasteiger charge is 2.47. The van der Waals surface area contributed by atoms with E-state index in [1.54, 1.807) is 7.11 Å². The Kier molecular flexibility index (Phi) is 6.55. The molecule has 0 aromatic carbocycles. The molecular formula is C19H34O6. The Balaban J connectivity index is 1.85. The zero-order valence-electron chi connectivity index (χ0n) is 16.6. The van der Waals surface area contributed by atoms with Crippen LogP contribution in [0.4, 0.5) is 0 Å². The summed E-state index contributed by atoms with van der Waals surface area (Å²) in [4.78, 5) is 0. The summed E-state index contributed by atoms with van der Waals surface area (Å²) in [6, 6.07) is 0. The van der Waals surface area contributed by atoms with Crippen LogP contribution < -0.4 is 0 Å². The van der Waals surface area contributed by atoms with E-state index in [-0.39, 0.29) is 28.8 Å². The molecule has 6 nitrogen and oxygen atoms in total. The summed E-state index contributed by atoms with van der Waals surface area (Å²) < 4.78 is 34.8. The average Bonchev–Trinajstić information content (AvgIpc) is 2.54. The van der Waals surface area contributed by atoms with Crippen molar-refractivity contribution in [1.82, 2.24) is 0 Å². The van der Waals surface area contributed by atoms with Crippen molar-refractivity contribution in [3.8, 4) is 0 Å². The molecule has 0 saturated carbocycles. The minimum absolute atomic E-state index is 0.197. The van der Waals surface area contributed by atoms with Gasteiger partial charge in [-0.25, -0.2) is 0 Å². The summed E-state index contributed by atoms with van der Waals surface area (Å²) in [6.45, 7) is 17.2. The third-order valence-electron chi connectivity index (χ3n) is 4.65. The maximum atomic E-state index is 6.02. The lowest BCUT2D eigenvalue weighted by molar-refractivity contribution is -0.337. The minimum atomic E-state index is -0.319. The fourth-order valence-electron chi connectivity index (χ4n) is 3.08. The Morgan fingerprint density at radius 2 is 1.32 bits per heavy atom. The topological polar surface area (TPSA) is 55.4 Å². The molecule has 146 valence electrons. The smallest absolute Gasteiger partial charge is 0.165 e. The van der Waals surface area contributed by atoms with Crippen LogP contribution in [-0.2, 0) is 28.4 Å². The van der Waals surface area contributed by atoms with Gasteiger partial charge < -0.3 is 28.4 Å². The number of allylic oxidation sites excluding steroid dienone is 1. The summed E-state index contributed by atoms with van der Waals surface area (Å²) in [5, 5.41) is 0. The number of methoxy groups -OCH3 is 1. The monoisotopic (exact) mass is 358 g/mol. The Morgan fingerprint density at radius 3 is 1.68 bits per heavy atom. The Morgan fingerprint density at radius 1 is 0.920 bits per heavy atom. The van der Waals surface area contributed by atoms with Crippen molar-refractivity contribution < 1.29 is 28.4 Å². The molecule has 25 heavy (non-hydrogen) atoms. The van der Waals surface area contributed by atoms with Crippen LogP contribution in [0.2, 0.25) is 0 Å². The first-order valence-corrected chi connectivity index (χ1v) is 8.84. The molecule has 2 saturated heterocycles. The van der Waals surface area contributed by atoms with Gasteiger partial charge in [0.1, 0.15) is 0 Å². The van der Waals surface area contributed by atoms with E-state index in [4.69, 9.17) is 28.4 Å². The predicted octanol–water partition coefficient (Wildman–Crippen LogP) is 2.97. The Hall–Kier alpha value is -0.660. The molecule has 0 bridgehead atoms. The molecule has 0 unspecified atom stereocenters. The predicted molar refractivity (Wildman–Crippen MR) is 94.0 cm³/mol. The van der Waals surface area contributed by atoms with E-state index in [1.165, 1.54) is 0 Å². The molecule has 1 spiro atoms. The normalized spacial score (nSPS) is 31.1. The first-order chi connectivity index (χ1) is 11.6. The van der Waals surface area contributed by atoms with Gasteiger partial charge in [0, 0.05) is 17.9 Å². The van der Waals surface area contributed by atoms with Crippen LogP contribution in [0.25, 0.3) is 0 Å². The number of ether oxygens (including phenoxy) is 6. The van der Waals surface area contributed by atoms with Gasteiger partial charge in [0.2, 0.25) is 0 Å². The SMILES string of the molecule is C=C(C)OCC(C)(C)C1OCC2(COC(C(C)(C)COC)OC2)CO1. The van der Waals surface area contributed by atoms with Crippen LogP contribution in [0, 0.1) is 16.2 Å². The molecule has 2 aliphatic rings. The molecule has 0 amide bonds. The molecule has 2 aliphatic heterocycles. The molecule has 6 heteroatoms. The van der Waals surface area contributed by atoms with Gasteiger partial charge in [-0.3, -0.25) is 0 Å². The molecule has 2 heterocycles. The van der Waals surface area contributed by atoms with Crippen molar-refractivity contribution in [2.75, 3.05) is 46.8 Å². The highest BCUT2D eigenvalue weighted by molar-refractivity contribution is 4.89. The van der Waals surface area contributed by atoms with Crippen molar-refractivity contribution in [3.05, 3.63) is 12.3 Å². The maximum absolute atomic E-state index is 6.02. The second kappa shape index (κ2) is 7.92. The third-order valence-corrected chi connectivity index (χ3v) is 4.65. The first kappa shape index (κ1) is 20.6. The highest BCUT2D eigenvalue weighted by Crippen LogP contribution is 2.38. The molecule has 0 atom stereocenters. The van der Waals surface area contributed by atoms with E-state index >= 15 is 0 Å². The number of rotatable bonds is 7. The van der Waals surface area contributed by atoms with Crippen molar-refractivity contribution in [3.63, 3.8) is 0 Å². The van der Waals surface area contributed by atoms with Crippen LogP contribution in [0.1, 0.15) is 34.6 Å².